The highest BCUT2D eigenvalue weighted by Crippen LogP contribution is 2.24. The number of imide groups is 1. The van der Waals surface area contributed by atoms with Gasteiger partial charge < -0.3 is 16.0 Å². The van der Waals surface area contributed by atoms with Crippen LogP contribution in [0.1, 0.15) is 62.2 Å². The van der Waals surface area contributed by atoms with E-state index >= 15 is 0 Å². The maximum Gasteiger partial charge on any atom is 0.261 e. The first-order valence-corrected chi connectivity index (χ1v) is 10.6. The van der Waals surface area contributed by atoms with Gasteiger partial charge in [-0.1, -0.05) is 19.9 Å². The monoisotopic (exact) mass is 450 g/mol. The highest BCUT2D eigenvalue weighted by atomic mass is 16.2. The maximum absolute atomic E-state index is 12.6. The van der Waals surface area contributed by atoms with Crippen LogP contribution in [-0.4, -0.2) is 54.1 Å². The quantitative estimate of drug-likeness (QED) is 0.419. The Balaban J connectivity index is 1.54. The second kappa shape index (κ2) is 10.1. The van der Waals surface area contributed by atoms with Gasteiger partial charge in [-0.15, -0.1) is 0 Å². The van der Waals surface area contributed by atoms with Crippen LogP contribution in [-0.2, 0) is 4.79 Å². The van der Waals surface area contributed by atoms with E-state index in [1.54, 1.807) is 24.3 Å². The molecule has 172 valence electrons. The van der Waals surface area contributed by atoms with Crippen LogP contribution in [0.15, 0.2) is 42.5 Å². The van der Waals surface area contributed by atoms with Crippen LogP contribution in [0.5, 0.6) is 0 Å². The van der Waals surface area contributed by atoms with Gasteiger partial charge in [-0.25, -0.2) is 0 Å². The fourth-order valence-electron chi connectivity index (χ4n) is 3.46. The summed E-state index contributed by atoms with van der Waals surface area (Å²) in [4.78, 5) is 62.1. The summed E-state index contributed by atoms with van der Waals surface area (Å²) >= 11 is 0. The lowest BCUT2D eigenvalue weighted by Crippen LogP contribution is -2.34. The van der Waals surface area contributed by atoms with E-state index in [0.717, 1.165) is 0 Å². The third-order valence-corrected chi connectivity index (χ3v) is 4.92. The highest BCUT2D eigenvalue weighted by Gasteiger charge is 2.36. The summed E-state index contributed by atoms with van der Waals surface area (Å²) < 4.78 is 0. The number of rotatable bonds is 8. The molecule has 3 rings (SSSR count). The highest BCUT2D eigenvalue weighted by molar-refractivity contribution is 6.22. The SMILES string of the molecule is CC(=O)Nc1cccc(C(=O)NCCNC(=O)c2ccc3c(c2)C(=O)N(CC(C)C)C3=O)c1. The summed E-state index contributed by atoms with van der Waals surface area (Å²) in [7, 11) is 0. The molecule has 3 N–H and O–H groups in total. The second-order valence-electron chi connectivity index (χ2n) is 8.15. The Bertz CT molecular complexity index is 1130. The topological polar surface area (TPSA) is 125 Å². The first-order chi connectivity index (χ1) is 15.7. The lowest BCUT2D eigenvalue weighted by atomic mass is 10.1. The van der Waals surface area contributed by atoms with Crippen LogP contribution in [0.25, 0.3) is 0 Å². The number of amides is 5. The Kier molecular flexibility index (Phi) is 7.22. The Morgan fingerprint density at radius 2 is 1.45 bits per heavy atom. The van der Waals surface area contributed by atoms with Gasteiger partial charge in [0.05, 0.1) is 11.1 Å². The molecular weight excluding hydrogens is 424 g/mol. The van der Waals surface area contributed by atoms with Crippen molar-refractivity contribution >= 4 is 35.2 Å². The zero-order chi connectivity index (χ0) is 24.1. The van der Waals surface area contributed by atoms with Gasteiger partial charge in [-0.05, 0) is 42.3 Å². The third-order valence-electron chi connectivity index (χ3n) is 4.92. The summed E-state index contributed by atoms with van der Waals surface area (Å²) in [6.07, 6.45) is 0. The van der Waals surface area contributed by atoms with Gasteiger partial charge in [-0.2, -0.15) is 0 Å². The van der Waals surface area contributed by atoms with Crippen molar-refractivity contribution < 1.29 is 24.0 Å². The Morgan fingerprint density at radius 3 is 2.06 bits per heavy atom. The minimum Gasteiger partial charge on any atom is -0.350 e. The van der Waals surface area contributed by atoms with E-state index in [1.807, 2.05) is 13.8 Å². The van der Waals surface area contributed by atoms with Crippen LogP contribution in [0.3, 0.4) is 0 Å². The molecule has 0 saturated carbocycles. The summed E-state index contributed by atoms with van der Waals surface area (Å²) in [6, 6.07) is 10.9. The smallest absolute Gasteiger partial charge is 0.261 e. The van der Waals surface area contributed by atoms with Gasteiger partial charge in [0.2, 0.25) is 5.91 Å². The third kappa shape index (κ3) is 5.62. The molecule has 0 fully saturated rings. The Hall–Kier alpha value is -4.01. The molecule has 0 unspecified atom stereocenters. The molecule has 9 nitrogen and oxygen atoms in total. The number of anilines is 1. The van der Waals surface area contributed by atoms with E-state index in [2.05, 4.69) is 16.0 Å². The maximum atomic E-state index is 12.6. The number of hydrogen-bond acceptors (Lipinski definition) is 5. The van der Waals surface area contributed by atoms with E-state index in [0.29, 0.717) is 23.4 Å². The summed E-state index contributed by atoms with van der Waals surface area (Å²) in [6.45, 7) is 5.88. The van der Waals surface area contributed by atoms with Crippen LogP contribution in [0.4, 0.5) is 5.69 Å². The predicted octanol–water partition coefficient (Wildman–Crippen LogP) is 2.06. The van der Waals surface area contributed by atoms with Crippen molar-refractivity contribution in [3.8, 4) is 0 Å². The molecule has 2 aromatic rings. The molecule has 1 heterocycles. The molecule has 0 aliphatic carbocycles. The largest absolute Gasteiger partial charge is 0.350 e. The predicted molar refractivity (Wildman–Crippen MR) is 122 cm³/mol. The molecule has 0 radical (unpaired) electrons. The van der Waals surface area contributed by atoms with E-state index in [-0.39, 0.29) is 47.9 Å². The molecule has 0 atom stereocenters. The van der Waals surface area contributed by atoms with E-state index in [9.17, 15) is 24.0 Å². The molecule has 0 aromatic heterocycles. The molecule has 9 heteroatoms. The van der Waals surface area contributed by atoms with Crippen molar-refractivity contribution in [2.75, 3.05) is 25.0 Å². The Labute approximate surface area is 191 Å². The molecule has 5 amide bonds. The fourth-order valence-corrected chi connectivity index (χ4v) is 3.46. The van der Waals surface area contributed by atoms with E-state index in [1.165, 1.54) is 30.0 Å². The van der Waals surface area contributed by atoms with Gasteiger partial charge >= 0.3 is 0 Å². The van der Waals surface area contributed by atoms with Crippen molar-refractivity contribution in [1.82, 2.24) is 15.5 Å². The van der Waals surface area contributed by atoms with Crippen molar-refractivity contribution in [2.45, 2.75) is 20.8 Å². The Morgan fingerprint density at radius 1 is 0.848 bits per heavy atom. The number of benzene rings is 2. The minimum absolute atomic E-state index is 0.137. The first-order valence-electron chi connectivity index (χ1n) is 10.6. The summed E-state index contributed by atoms with van der Waals surface area (Å²) in [5.74, 6) is -1.60. The van der Waals surface area contributed by atoms with Crippen LogP contribution >= 0.6 is 0 Å². The van der Waals surface area contributed by atoms with Gasteiger partial charge in [0.25, 0.3) is 23.6 Å². The minimum atomic E-state index is -0.415. The number of nitrogens with one attached hydrogen (secondary N) is 3. The molecule has 0 saturated heterocycles. The van der Waals surface area contributed by atoms with Gasteiger partial charge in [0, 0.05) is 43.4 Å². The number of hydrogen-bond donors (Lipinski definition) is 3. The summed E-state index contributed by atoms with van der Waals surface area (Å²) in [5, 5.41) is 7.99. The summed E-state index contributed by atoms with van der Waals surface area (Å²) in [5.41, 5.74) is 1.67. The molecule has 33 heavy (non-hydrogen) atoms. The van der Waals surface area contributed by atoms with Crippen LogP contribution in [0.2, 0.25) is 0 Å². The number of carbonyl (C=O) groups is 5. The van der Waals surface area contributed by atoms with E-state index < -0.39 is 11.8 Å². The normalized spacial score (nSPS) is 12.5. The van der Waals surface area contributed by atoms with Crippen molar-refractivity contribution in [3.63, 3.8) is 0 Å². The molecule has 1 aliphatic rings. The number of carbonyl (C=O) groups excluding carboxylic acids is 5. The van der Waals surface area contributed by atoms with E-state index in [4.69, 9.17) is 0 Å². The second-order valence-corrected chi connectivity index (χ2v) is 8.15. The molecule has 0 spiro atoms. The van der Waals surface area contributed by atoms with Gasteiger partial charge in [0.15, 0.2) is 0 Å². The van der Waals surface area contributed by atoms with Gasteiger partial charge in [-0.3, -0.25) is 28.9 Å². The molecule has 2 aromatic carbocycles. The molecule has 0 bridgehead atoms. The first kappa shape index (κ1) is 23.6. The average molecular weight is 450 g/mol. The average Bonchev–Trinajstić information content (AvgIpc) is 3.00. The van der Waals surface area contributed by atoms with Crippen LogP contribution < -0.4 is 16.0 Å². The van der Waals surface area contributed by atoms with Crippen LogP contribution in [0, 0.1) is 5.92 Å². The zero-order valence-corrected chi connectivity index (χ0v) is 18.7. The molecular formula is C24H26N4O5. The standard InChI is InChI=1S/C24H26N4O5/c1-14(2)13-28-23(32)19-8-7-17(12-20(19)24(28)33)22(31)26-10-9-25-21(30)16-5-4-6-18(11-16)27-15(3)29/h4-8,11-12,14H,9-10,13H2,1-3H3,(H,25,30)(H,26,31)(H,27,29). The fraction of sp³-hybridized carbons (Fsp3) is 0.292. The lowest BCUT2D eigenvalue weighted by Gasteiger charge is -2.15. The van der Waals surface area contributed by atoms with Crippen molar-refractivity contribution in [3.05, 3.63) is 64.7 Å². The van der Waals surface area contributed by atoms with Crippen molar-refractivity contribution in [2.24, 2.45) is 5.92 Å². The lowest BCUT2D eigenvalue weighted by molar-refractivity contribution is -0.114. The zero-order valence-electron chi connectivity index (χ0n) is 18.7. The molecule has 1 aliphatic heterocycles. The van der Waals surface area contributed by atoms with Crippen molar-refractivity contribution in [1.29, 1.82) is 0 Å². The number of fused-ring (bicyclic) bond motifs is 1. The van der Waals surface area contributed by atoms with Gasteiger partial charge in [0.1, 0.15) is 0 Å². The number of nitrogens with zero attached hydrogens (tertiary/aromatic N) is 1.